The summed E-state index contributed by atoms with van der Waals surface area (Å²) >= 11 is 11.8. The first-order valence-electron chi connectivity index (χ1n) is 9.37. The molecule has 9 heteroatoms. The highest BCUT2D eigenvalue weighted by atomic mass is 35.5. The number of anilines is 2. The normalized spacial score (nSPS) is 15.1. The van der Waals surface area contributed by atoms with Crippen LogP contribution in [0, 0.1) is 6.92 Å². The lowest BCUT2D eigenvalue weighted by Crippen LogP contribution is -2.36. The van der Waals surface area contributed by atoms with Gasteiger partial charge in [-0.25, -0.2) is 8.42 Å². The molecule has 0 aliphatic carbocycles. The Hall–Kier alpha value is -1.80. The van der Waals surface area contributed by atoms with Crippen molar-refractivity contribution in [1.29, 1.82) is 0 Å². The molecule has 1 aliphatic heterocycles. The third kappa shape index (κ3) is 5.42. The van der Waals surface area contributed by atoms with Crippen molar-refractivity contribution in [1.82, 2.24) is 4.31 Å². The molecule has 2 aromatic carbocycles. The second-order valence-corrected chi connectivity index (χ2v) is 9.70. The highest BCUT2D eigenvalue weighted by molar-refractivity contribution is 7.89. The van der Waals surface area contributed by atoms with Crippen molar-refractivity contribution in [2.45, 2.75) is 31.1 Å². The Kier molecular flexibility index (Phi) is 7.05. The average Bonchev–Trinajstić information content (AvgIpc) is 2.71. The van der Waals surface area contributed by atoms with Crippen LogP contribution in [0.3, 0.4) is 0 Å². The molecule has 1 saturated heterocycles. The molecule has 0 saturated carbocycles. The second kappa shape index (κ2) is 9.34. The third-order valence-electron chi connectivity index (χ3n) is 4.78. The summed E-state index contributed by atoms with van der Waals surface area (Å²) in [6.07, 6.45) is 2.79. The van der Waals surface area contributed by atoms with E-state index >= 15 is 0 Å². The topological polar surface area (TPSA) is 78.5 Å². The summed E-state index contributed by atoms with van der Waals surface area (Å²) in [6.45, 7) is 2.83. The summed E-state index contributed by atoms with van der Waals surface area (Å²) in [5.41, 5.74) is 1.75. The summed E-state index contributed by atoms with van der Waals surface area (Å²) in [5, 5.41) is 6.52. The summed E-state index contributed by atoms with van der Waals surface area (Å²) < 4.78 is 27.5. The molecule has 2 aromatic rings. The van der Waals surface area contributed by atoms with Gasteiger partial charge in [-0.3, -0.25) is 4.79 Å². The van der Waals surface area contributed by atoms with Crippen LogP contribution in [0.25, 0.3) is 0 Å². The molecule has 1 aliphatic rings. The van der Waals surface area contributed by atoms with E-state index in [1.807, 2.05) is 0 Å². The number of nitrogens with zero attached hydrogens (tertiary/aromatic N) is 1. The molecular formula is C20H23Cl2N3O3S. The van der Waals surface area contributed by atoms with Gasteiger partial charge in [0.25, 0.3) is 0 Å². The Morgan fingerprint density at radius 1 is 1.00 bits per heavy atom. The first kappa shape index (κ1) is 21.9. The van der Waals surface area contributed by atoms with E-state index in [1.165, 1.54) is 10.4 Å². The number of aryl methyl sites for hydroxylation is 1. The minimum Gasteiger partial charge on any atom is -0.376 e. The highest BCUT2D eigenvalue weighted by Gasteiger charge is 2.27. The van der Waals surface area contributed by atoms with Gasteiger partial charge in [-0.15, -0.1) is 0 Å². The largest absolute Gasteiger partial charge is 0.376 e. The van der Waals surface area contributed by atoms with E-state index in [-0.39, 0.29) is 17.3 Å². The van der Waals surface area contributed by atoms with Gasteiger partial charge in [0.15, 0.2) is 0 Å². The van der Waals surface area contributed by atoms with E-state index in [4.69, 9.17) is 23.2 Å². The number of benzene rings is 2. The predicted molar refractivity (Wildman–Crippen MR) is 117 cm³/mol. The first-order valence-corrected chi connectivity index (χ1v) is 11.6. The number of carbonyl (C=O) groups is 1. The molecule has 3 rings (SSSR count). The molecule has 2 N–H and O–H groups in total. The maximum Gasteiger partial charge on any atom is 0.243 e. The molecule has 0 aromatic heterocycles. The zero-order valence-corrected chi connectivity index (χ0v) is 18.4. The zero-order chi connectivity index (χ0) is 21.0. The maximum absolute atomic E-state index is 13.0. The first-order chi connectivity index (χ1) is 13.8. The van der Waals surface area contributed by atoms with Crippen LogP contribution >= 0.6 is 23.2 Å². The van der Waals surface area contributed by atoms with Gasteiger partial charge in [0.2, 0.25) is 15.9 Å². The molecule has 1 amide bonds. The number of halogens is 2. The maximum atomic E-state index is 13.0. The van der Waals surface area contributed by atoms with E-state index in [9.17, 15) is 13.2 Å². The lowest BCUT2D eigenvalue weighted by molar-refractivity contribution is -0.114. The summed E-state index contributed by atoms with van der Waals surface area (Å²) in [6, 6.07) is 9.92. The van der Waals surface area contributed by atoms with Crippen LogP contribution in [0.15, 0.2) is 41.3 Å². The van der Waals surface area contributed by atoms with Gasteiger partial charge in [0.05, 0.1) is 21.5 Å². The minimum atomic E-state index is -3.58. The molecule has 156 valence electrons. The lowest BCUT2D eigenvalue weighted by Gasteiger charge is -2.26. The van der Waals surface area contributed by atoms with Crippen LogP contribution in [0.2, 0.25) is 10.0 Å². The Bertz CT molecular complexity index is 1010. The van der Waals surface area contributed by atoms with Crippen molar-refractivity contribution in [3.8, 4) is 0 Å². The third-order valence-corrected chi connectivity index (χ3v) is 7.56. The van der Waals surface area contributed by atoms with E-state index < -0.39 is 10.0 Å². The monoisotopic (exact) mass is 455 g/mol. The standard InChI is InChI=1S/C20H23Cl2N3O3S/c1-14-5-6-16(12-19(14)29(27,28)25-9-3-2-4-10-25)24-20(26)13-23-15-7-8-17(21)18(22)11-15/h5-8,11-12,23H,2-4,9-10,13H2,1H3,(H,24,26). The fraction of sp³-hybridized carbons (Fsp3) is 0.350. The number of rotatable bonds is 6. The van der Waals surface area contributed by atoms with Crippen molar-refractivity contribution in [2.24, 2.45) is 0 Å². The second-order valence-electron chi connectivity index (χ2n) is 6.98. The highest BCUT2D eigenvalue weighted by Crippen LogP contribution is 2.27. The van der Waals surface area contributed by atoms with Gasteiger partial charge in [-0.2, -0.15) is 4.31 Å². The fourth-order valence-corrected chi connectivity index (χ4v) is 5.26. The number of carbonyl (C=O) groups excluding carboxylic acids is 1. The minimum absolute atomic E-state index is 0.0000457. The van der Waals surface area contributed by atoms with Crippen LogP contribution in [0.4, 0.5) is 11.4 Å². The number of sulfonamides is 1. The Labute approximate surface area is 181 Å². The van der Waals surface area contributed by atoms with Gasteiger partial charge in [-0.05, 0) is 55.7 Å². The smallest absolute Gasteiger partial charge is 0.243 e. The van der Waals surface area contributed by atoms with Gasteiger partial charge < -0.3 is 10.6 Å². The molecule has 29 heavy (non-hydrogen) atoms. The van der Waals surface area contributed by atoms with Gasteiger partial charge in [-0.1, -0.05) is 35.7 Å². The Balaban J connectivity index is 1.68. The van der Waals surface area contributed by atoms with Crippen molar-refractivity contribution in [3.63, 3.8) is 0 Å². The number of nitrogens with one attached hydrogen (secondary N) is 2. The number of piperidine rings is 1. The summed E-state index contributed by atoms with van der Waals surface area (Å²) in [5.74, 6) is -0.304. The van der Waals surface area contributed by atoms with Crippen LogP contribution in [-0.2, 0) is 14.8 Å². The average molecular weight is 456 g/mol. The number of amides is 1. The van der Waals surface area contributed by atoms with Crippen LogP contribution < -0.4 is 10.6 Å². The predicted octanol–water partition coefficient (Wildman–Crippen LogP) is 4.53. The molecule has 0 unspecified atom stereocenters. The summed E-state index contributed by atoms with van der Waals surface area (Å²) in [4.78, 5) is 12.5. The molecular weight excluding hydrogens is 433 g/mol. The lowest BCUT2D eigenvalue weighted by atomic mass is 10.2. The zero-order valence-electron chi connectivity index (χ0n) is 16.0. The number of hydrogen-bond acceptors (Lipinski definition) is 4. The van der Waals surface area contributed by atoms with Crippen molar-refractivity contribution in [2.75, 3.05) is 30.3 Å². The Morgan fingerprint density at radius 2 is 1.69 bits per heavy atom. The van der Waals surface area contributed by atoms with Gasteiger partial charge in [0, 0.05) is 24.5 Å². The van der Waals surface area contributed by atoms with E-state index in [0.29, 0.717) is 40.1 Å². The molecule has 1 fully saturated rings. The van der Waals surface area contributed by atoms with Crippen LogP contribution in [0.1, 0.15) is 24.8 Å². The molecule has 0 spiro atoms. The van der Waals surface area contributed by atoms with E-state index in [2.05, 4.69) is 10.6 Å². The summed E-state index contributed by atoms with van der Waals surface area (Å²) in [7, 11) is -3.58. The SMILES string of the molecule is Cc1ccc(NC(=O)CNc2ccc(Cl)c(Cl)c2)cc1S(=O)(=O)N1CCCCC1. The van der Waals surface area contributed by atoms with Crippen molar-refractivity contribution < 1.29 is 13.2 Å². The van der Waals surface area contributed by atoms with Crippen LogP contribution in [0.5, 0.6) is 0 Å². The Morgan fingerprint density at radius 3 is 2.38 bits per heavy atom. The molecule has 0 atom stereocenters. The quantitative estimate of drug-likeness (QED) is 0.670. The number of hydrogen-bond donors (Lipinski definition) is 2. The van der Waals surface area contributed by atoms with Crippen molar-refractivity contribution in [3.05, 3.63) is 52.0 Å². The molecule has 0 radical (unpaired) electrons. The van der Waals surface area contributed by atoms with E-state index in [0.717, 1.165) is 19.3 Å². The van der Waals surface area contributed by atoms with Crippen molar-refractivity contribution >= 4 is 50.5 Å². The molecule has 1 heterocycles. The fourth-order valence-electron chi connectivity index (χ4n) is 3.19. The molecule has 6 nitrogen and oxygen atoms in total. The van der Waals surface area contributed by atoms with Gasteiger partial charge >= 0.3 is 0 Å². The molecule has 0 bridgehead atoms. The van der Waals surface area contributed by atoms with Gasteiger partial charge in [0.1, 0.15) is 0 Å². The van der Waals surface area contributed by atoms with Crippen LogP contribution in [-0.4, -0.2) is 38.3 Å². The van der Waals surface area contributed by atoms with E-state index in [1.54, 1.807) is 37.3 Å².